The number of benzene rings is 2. The molecule has 1 aromatic heterocycles. The maximum atomic E-state index is 12.8. The Morgan fingerprint density at radius 2 is 1.69 bits per heavy atom. The summed E-state index contributed by atoms with van der Waals surface area (Å²) in [5.74, 6) is -1.10. The molecule has 1 N–H and O–H groups in total. The number of carbonyl (C=O) groups is 2. The van der Waals surface area contributed by atoms with Crippen LogP contribution >= 0.6 is 0 Å². The maximum Gasteiger partial charge on any atom is 0.340 e. The summed E-state index contributed by atoms with van der Waals surface area (Å²) < 4.78 is 4.76. The number of nitrogens with zero attached hydrogens (tertiary/aromatic N) is 1. The molecule has 0 fully saturated rings. The van der Waals surface area contributed by atoms with Gasteiger partial charge in [-0.2, -0.15) is 0 Å². The molecule has 0 saturated heterocycles. The van der Waals surface area contributed by atoms with E-state index in [-0.39, 0.29) is 22.5 Å². The van der Waals surface area contributed by atoms with Crippen LogP contribution in [0.2, 0.25) is 0 Å². The minimum Gasteiger partial charge on any atom is -0.465 e. The second kappa shape index (κ2) is 7.02. The standard InChI is InChI=1S/C19H14N2O5/c1-26-19(23)15-11-16(12-5-3-2-4-6-12)20-17(15)18(22)13-7-9-14(10-8-13)21(24)25/h2-11,20H,1H3. The van der Waals surface area contributed by atoms with Crippen LogP contribution in [0, 0.1) is 10.1 Å². The number of non-ortho nitro benzene ring substituents is 1. The van der Waals surface area contributed by atoms with E-state index >= 15 is 0 Å². The Bertz CT molecular complexity index is 975. The van der Waals surface area contributed by atoms with E-state index in [0.29, 0.717) is 5.69 Å². The Hall–Kier alpha value is -3.74. The van der Waals surface area contributed by atoms with E-state index in [9.17, 15) is 19.7 Å². The second-order valence-corrected chi connectivity index (χ2v) is 5.46. The lowest BCUT2D eigenvalue weighted by Crippen LogP contribution is -2.10. The predicted molar refractivity (Wildman–Crippen MR) is 94.1 cm³/mol. The Morgan fingerprint density at radius 1 is 1.04 bits per heavy atom. The highest BCUT2D eigenvalue weighted by molar-refractivity contribution is 6.14. The van der Waals surface area contributed by atoms with Crippen molar-refractivity contribution in [2.75, 3.05) is 7.11 Å². The van der Waals surface area contributed by atoms with Crippen LogP contribution in [0.3, 0.4) is 0 Å². The van der Waals surface area contributed by atoms with Gasteiger partial charge in [-0.15, -0.1) is 0 Å². The van der Waals surface area contributed by atoms with E-state index in [2.05, 4.69) is 4.98 Å². The van der Waals surface area contributed by atoms with Gasteiger partial charge in [-0.1, -0.05) is 30.3 Å². The molecule has 0 spiro atoms. The van der Waals surface area contributed by atoms with Gasteiger partial charge in [0.1, 0.15) is 5.69 Å². The zero-order valence-electron chi connectivity index (χ0n) is 13.8. The third kappa shape index (κ3) is 3.23. The fourth-order valence-corrected chi connectivity index (χ4v) is 2.56. The molecule has 26 heavy (non-hydrogen) atoms. The number of aromatic nitrogens is 1. The minimum atomic E-state index is -0.645. The number of ketones is 1. The van der Waals surface area contributed by atoms with Gasteiger partial charge in [0.15, 0.2) is 0 Å². The van der Waals surface area contributed by atoms with Gasteiger partial charge in [0.2, 0.25) is 5.78 Å². The Labute approximate surface area is 148 Å². The number of nitro groups is 1. The molecule has 0 aliphatic carbocycles. The number of ether oxygens (including phenoxy) is 1. The van der Waals surface area contributed by atoms with Gasteiger partial charge in [0.25, 0.3) is 5.69 Å². The van der Waals surface area contributed by atoms with Crippen LogP contribution in [0.4, 0.5) is 5.69 Å². The zero-order chi connectivity index (χ0) is 18.7. The number of nitrogens with one attached hydrogen (secondary N) is 1. The summed E-state index contributed by atoms with van der Waals surface area (Å²) in [6.45, 7) is 0. The summed E-state index contributed by atoms with van der Waals surface area (Å²) in [6, 6.07) is 16.0. The highest BCUT2D eigenvalue weighted by Gasteiger charge is 2.23. The van der Waals surface area contributed by atoms with Crippen LogP contribution in [-0.2, 0) is 4.74 Å². The van der Waals surface area contributed by atoms with Gasteiger partial charge in [-0.3, -0.25) is 14.9 Å². The fourth-order valence-electron chi connectivity index (χ4n) is 2.56. The van der Waals surface area contributed by atoms with Crippen molar-refractivity contribution in [3.63, 3.8) is 0 Å². The summed E-state index contributed by atoms with van der Waals surface area (Å²) in [5, 5.41) is 10.7. The number of hydrogen-bond donors (Lipinski definition) is 1. The molecule has 130 valence electrons. The van der Waals surface area contributed by atoms with Crippen molar-refractivity contribution >= 4 is 17.4 Å². The molecule has 0 aliphatic rings. The van der Waals surface area contributed by atoms with Gasteiger partial charge < -0.3 is 9.72 Å². The van der Waals surface area contributed by atoms with Crippen LogP contribution in [0.5, 0.6) is 0 Å². The van der Waals surface area contributed by atoms with Crippen molar-refractivity contribution in [2.45, 2.75) is 0 Å². The molecule has 3 rings (SSSR count). The molecular formula is C19H14N2O5. The molecule has 0 unspecified atom stereocenters. The monoisotopic (exact) mass is 350 g/mol. The summed E-state index contributed by atoms with van der Waals surface area (Å²) in [5.41, 5.74) is 1.68. The maximum absolute atomic E-state index is 12.8. The number of rotatable bonds is 5. The first kappa shape index (κ1) is 17.1. The van der Waals surface area contributed by atoms with Crippen molar-refractivity contribution in [1.82, 2.24) is 4.98 Å². The van der Waals surface area contributed by atoms with E-state index in [4.69, 9.17) is 4.74 Å². The number of methoxy groups -OCH3 is 1. The fraction of sp³-hybridized carbons (Fsp3) is 0.0526. The highest BCUT2D eigenvalue weighted by atomic mass is 16.6. The van der Waals surface area contributed by atoms with Crippen molar-refractivity contribution in [3.8, 4) is 11.3 Å². The third-order valence-electron chi connectivity index (χ3n) is 3.88. The van der Waals surface area contributed by atoms with Gasteiger partial charge >= 0.3 is 5.97 Å². The lowest BCUT2D eigenvalue weighted by molar-refractivity contribution is -0.384. The first-order chi connectivity index (χ1) is 12.5. The van der Waals surface area contributed by atoms with Gasteiger partial charge in [-0.25, -0.2) is 4.79 Å². The SMILES string of the molecule is COC(=O)c1cc(-c2ccccc2)[nH]c1C(=O)c1ccc([N+](=O)[O-])cc1. The van der Waals surface area contributed by atoms with Gasteiger partial charge in [-0.05, 0) is 23.8 Å². The lowest BCUT2D eigenvalue weighted by Gasteiger charge is -2.02. The second-order valence-electron chi connectivity index (χ2n) is 5.46. The first-order valence-corrected chi connectivity index (χ1v) is 7.67. The third-order valence-corrected chi connectivity index (χ3v) is 3.88. The largest absolute Gasteiger partial charge is 0.465 e. The van der Waals surface area contributed by atoms with E-state index < -0.39 is 16.7 Å². The Morgan fingerprint density at radius 3 is 2.27 bits per heavy atom. The first-order valence-electron chi connectivity index (χ1n) is 7.67. The number of nitro benzene ring substituents is 1. The number of esters is 1. The average molecular weight is 350 g/mol. The molecule has 0 aliphatic heterocycles. The summed E-state index contributed by atoms with van der Waals surface area (Å²) in [4.78, 5) is 38.0. The summed E-state index contributed by atoms with van der Waals surface area (Å²) in [6.07, 6.45) is 0. The topological polar surface area (TPSA) is 102 Å². The van der Waals surface area contributed by atoms with E-state index in [0.717, 1.165) is 5.56 Å². The van der Waals surface area contributed by atoms with Crippen LogP contribution in [0.1, 0.15) is 26.4 Å². The van der Waals surface area contributed by atoms with Crippen LogP contribution in [0.25, 0.3) is 11.3 Å². The molecule has 0 atom stereocenters. The lowest BCUT2D eigenvalue weighted by atomic mass is 10.0. The number of aromatic amines is 1. The van der Waals surface area contributed by atoms with Crippen molar-refractivity contribution in [2.24, 2.45) is 0 Å². The molecule has 0 bridgehead atoms. The molecule has 1 heterocycles. The normalized spacial score (nSPS) is 10.3. The molecular weight excluding hydrogens is 336 g/mol. The highest BCUT2D eigenvalue weighted by Crippen LogP contribution is 2.25. The zero-order valence-corrected chi connectivity index (χ0v) is 13.8. The van der Waals surface area contributed by atoms with E-state index in [1.807, 2.05) is 30.3 Å². The van der Waals surface area contributed by atoms with Crippen LogP contribution in [0.15, 0.2) is 60.7 Å². The Kier molecular flexibility index (Phi) is 4.62. The van der Waals surface area contributed by atoms with Crippen molar-refractivity contribution < 1.29 is 19.2 Å². The molecule has 0 radical (unpaired) electrons. The van der Waals surface area contributed by atoms with Crippen LogP contribution in [-0.4, -0.2) is 28.8 Å². The van der Waals surface area contributed by atoms with Crippen molar-refractivity contribution in [3.05, 3.63) is 87.6 Å². The molecule has 0 amide bonds. The average Bonchev–Trinajstić information content (AvgIpc) is 3.13. The van der Waals surface area contributed by atoms with E-state index in [1.54, 1.807) is 6.07 Å². The quantitative estimate of drug-likeness (QED) is 0.328. The molecule has 7 heteroatoms. The Balaban J connectivity index is 2.04. The molecule has 3 aromatic rings. The summed E-state index contributed by atoms with van der Waals surface area (Å²) in [7, 11) is 1.23. The van der Waals surface area contributed by atoms with Crippen molar-refractivity contribution in [1.29, 1.82) is 0 Å². The number of carbonyl (C=O) groups excluding carboxylic acids is 2. The number of H-pyrrole nitrogens is 1. The van der Waals surface area contributed by atoms with E-state index in [1.165, 1.54) is 31.4 Å². The minimum absolute atomic E-state index is 0.0737. The van der Waals surface area contributed by atoms with Crippen LogP contribution < -0.4 is 0 Å². The molecule has 7 nitrogen and oxygen atoms in total. The molecule has 2 aromatic carbocycles. The summed E-state index contributed by atoms with van der Waals surface area (Å²) >= 11 is 0. The number of hydrogen-bond acceptors (Lipinski definition) is 5. The molecule has 0 saturated carbocycles. The smallest absolute Gasteiger partial charge is 0.340 e. The van der Waals surface area contributed by atoms with Gasteiger partial charge in [0, 0.05) is 23.4 Å². The predicted octanol–water partition coefficient (Wildman–Crippen LogP) is 3.61. The van der Waals surface area contributed by atoms with Gasteiger partial charge in [0.05, 0.1) is 17.6 Å².